The Bertz CT molecular complexity index is 458. The fourth-order valence-electron chi connectivity index (χ4n) is 3.48. The number of hydrogen-bond acceptors (Lipinski definition) is 4. The van der Waals surface area contributed by atoms with E-state index in [1.165, 1.54) is 0 Å². The summed E-state index contributed by atoms with van der Waals surface area (Å²) >= 11 is 0. The zero-order chi connectivity index (χ0) is 16.5. The zero-order valence-corrected chi connectivity index (χ0v) is 15.5. The number of rotatable bonds is 5. The first kappa shape index (κ1) is 18.2. The molecule has 0 bridgehead atoms. The Balaban J connectivity index is 1.75. The summed E-state index contributed by atoms with van der Waals surface area (Å²) in [5.74, 6) is 0.193. The van der Waals surface area contributed by atoms with Crippen LogP contribution in [0.5, 0.6) is 0 Å². The highest BCUT2D eigenvalue weighted by atomic mass is 32.2. The molecule has 0 radical (unpaired) electrons. The highest BCUT2D eigenvalue weighted by molar-refractivity contribution is 7.89. The molecule has 22 heavy (non-hydrogen) atoms. The summed E-state index contributed by atoms with van der Waals surface area (Å²) in [6, 6.07) is 0.796. The van der Waals surface area contributed by atoms with E-state index in [1.807, 2.05) is 0 Å². The Labute approximate surface area is 136 Å². The normalized spacial score (nSPS) is 28.8. The number of likely N-dealkylation sites (tertiary alicyclic amines) is 1. The molecule has 0 unspecified atom stereocenters. The van der Waals surface area contributed by atoms with Crippen molar-refractivity contribution in [3.05, 3.63) is 0 Å². The minimum Gasteiger partial charge on any atom is -0.373 e. The van der Waals surface area contributed by atoms with E-state index >= 15 is 0 Å². The molecule has 2 aliphatic rings. The molecule has 0 aromatic carbocycles. The van der Waals surface area contributed by atoms with Crippen molar-refractivity contribution in [2.45, 2.75) is 77.2 Å². The topological polar surface area (TPSA) is 49.9 Å². The average molecular weight is 333 g/mol. The molecule has 0 amide bonds. The first-order chi connectivity index (χ1) is 10.1. The summed E-state index contributed by atoms with van der Waals surface area (Å²) < 4.78 is 31.5. The third-order valence-electron chi connectivity index (χ3n) is 4.92. The monoisotopic (exact) mass is 332 g/mol. The molecule has 1 aliphatic carbocycles. The molecule has 1 heterocycles. The molecule has 0 aromatic heterocycles. The van der Waals surface area contributed by atoms with Gasteiger partial charge >= 0.3 is 0 Å². The van der Waals surface area contributed by atoms with Gasteiger partial charge in [0, 0.05) is 19.1 Å². The molecule has 5 nitrogen and oxygen atoms in total. The highest BCUT2D eigenvalue weighted by Gasteiger charge is 2.38. The van der Waals surface area contributed by atoms with Crippen LogP contribution in [-0.4, -0.2) is 67.3 Å². The Morgan fingerprint density at radius 2 is 1.73 bits per heavy atom. The third-order valence-corrected chi connectivity index (χ3v) is 6.83. The fourth-order valence-corrected chi connectivity index (χ4v) is 4.55. The molecule has 2 fully saturated rings. The SMILES string of the molecule is CCS(=O)(=O)N(C)C1CCN(C2CC(OC(C)(C)C)C2)CC1. The number of sulfonamides is 1. The second kappa shape index (κ2) is 6.75. The van der Waals surface area contributed by atoms with Gasteiger partial charge in [0.1, 0.15) is 0 Å². The van der Waals surface area contributed by atoms with Crippen molar-refractivity contribution >= 4 is 10.0 Å². The molecule has 0 aromatic rings. The summed E-state index contributed by atoms with van der Waals surface area (Å²) in [5.41, 5.74) is -0.0557. The minimum absolute atomic E-state index is 0.0557. The molecule has 1 saturated heterocycles. The van der Waals surface area contributed by atoms with Crippen LogP contribution in [0.1, 0.15) is 53.4 Å². The third kappa shape index (κ3) is 4.43. The van der Waals surface area contributed by atoms with Crippen LogP contribution in [0.25, 0.3) is 0 Å². The van der Waals surface area contributed by atoms with Crippen molar-refractivity contribution < 1.29 is 13.2 Å². The van der Waals surface area contributed by atoms with Gasteiger partial charge in [-0.1, -0.05) is 0 Å². The Morgan fingerprint density at radius 3 is 2.18 bits per heavy atom. The van der Waals surface area contributed by atoms with Crippen molar-refractivity contribution in [1.29, 1.82) is 0 Å². The second-order valence-corrected chi connectivity index (χ2v) is 9.98. The maximum atomic E-state index is 12.0. The van der Waals surface area contributed by atoms with E-state index in [4.69, 9.17) is 4.74 Å². The zero-order valence-electron chi connectivity index (χ0n) is 14.7. The summed E-state index contributed by atoms with van der Waals surface area (Å²) in [6.45, 7) is 10.0. The lowest BCUT2D eigenvalue weighted by Crippen LogP contribution is -2.54. The van der Waals surface area contributed by atoms with Crippen molar-refractivity contribution in [3.63, 3.8) is 0 Å². The van der Waals surface area contributed by atoms with Crippen LogP contribution >= 0.6 is 0 Å². The van der Waals surface area contributed by atoms with Crippen LogP contribution in [0.4, 0.5) is 0 Å². The molecule has 0 spiro atoms. The summed E-state index contributed by atoms with van der Waals surface area (Å²) in [6.07, 6.45) is 4.51. The largest absolute Gasteiger partial charge is 0.373 e. The predicted octanol–water partition coefficient (Wildman–Crippen LogP) is 2.08. The molecule has 0 N–H and O–H groups in total. The number of piperidine rings is 1. The summed E-state index contributed by atoms with van der Waals surface area (Å²) in [5, 5.41) is 0. The Kier molecular flexibility index (Phi) is 5.58. The lowest BCUT2D eigenvalue weighted by molar-refractivity contribution is -0.122. The van der Waals surface area contributed by atoms with Gasteiger partial charge in [0.15, 0.2) is 0 Å². The molecular formula is C16H32N2O3S. The lowest BCUT2D eigenvalue weighted by atomic mass is 9.85. The molecule has 1 aliphatic heterocycles. The van der Waals surface area contributed by atoms with Gasteiger partial charge < -0.3 is 9.64 Å². The Hall–Kier alpha value is -0.170. The van der Waals surface area contributed by atoms with E-state index < -0.39 is 10.0 Å². The maximum absolute atomic E-state index is 12.0. The molecule has 130 valence electrons. The van der Waals surface area contributed by atoms with Crippen LogP contribution in [-0.2, 0) is 14.8 Å². The molecule has 1 saturated carbocycles. The van der Waals surface area contributed by atoms with Gasteiger partial charge in [-0.15, -0.1) is 0 Å². The van der Waals surface area contributed by atoms with E-state index in [2.05, 4.69) is 25.7 Å². The second-order valence-electron chi connectivity index (χ2n) is 7.66. The number of hydrogen-bond donors (Lipinski definition) is 0. The summed E-state index contributed by atoms with van der Waals surface area (Å²) in [7, 11) is -1.33. The molecule has 2 rings (SSSR count). The van der Waals surface area contributed by atoms with Crippen LogP contribution in [0.15, 0.2) is 0 Å². The smallest absolute Gasteiger partial charge is 0.213 e. The average Bonchev–Trinajstić information content (AvgIpc) is 2.41. The number of ether oxygens (including phenoxy) is 1. The van der Waals surface area contributed by atoms with Gasteiger partial charge in [-0.2, -0.15) is 0 Å². The van der Waals surface area contributed by atoms with Gasteiger partial charge in [-0.25, -0.2) is 12.7 Å². The first-order valence-electron chi connectivity index (χ1n) is 8.50. The van der Waals surface area contributed by atoms with E-state index in [-0.39, 0.29) is 17.4 Å². The van der Waals surface area contributed by atoms with Crippen molar-refractivity contribution in [2.24, 2.45) is 0 Å². The van der Waals surface area contributed by atoms with Gasteiger partial charge in [-0.3, -0.25) is 0 Å². The molecular weight excluding hydrogens is 300 g/mol. The summed E-state index contributed by atoms with van der Waals surface area (Å²) in [4.78, 5) is 2.52. The Morgan fingerprint density at radius 1 is 1.18 bits per heavy atom. The van der Waals surface area contributed by atoms with Gasteiger partial charge in [0.05, 0.1) is 17.5 Å². The van der Waals surface area contributed by atoms with Crippen molar-refractivity contribution in [2.75, 3.05) is 25.9 Å². The highest BCUT2D eigenvalue weighted by Crippen LogP contribution is 2.33. The van der Waals surface area contributed by atoms with Gasteiger partial charge in [0.2, 0.25) is 10.0 Å². The maximum Gasteiger partial charge on any atom is 0.213 e. The van der Waals surface area contributed by atoms with E-state index in [9.17, 15) is 8.42 Å². The van der Waals surface area contributed by atoms with E-state index in [1.54, 1.807) is 18.3 Å². The standard InChI is InChI=1S/C16H32N2O3S/c1-6-22(19,20)17(5)13-7-9-18(10-8-13)14-11-15(12-14)21-16(2,3)4/h13-15H,6-12H2,1-5H3. The van der Waals surface area contributed by atoms with Gasteiger partial charge in [-0.05, 0) is 66.5 Å². The fraction of sp³-hybridized carbons (Fsp3) is 1.00. The van der Waals surface area contributed by atoms with Crippen LogP contribution in [0.3, 0.4) is 0 Å². The van der Waals surface area contributed by atoms with Crippen LogP contribution in [0.2, 0.25) is 0 Å². The van der Waals surface area contributed by atoms with Crippen LogP contribution < -0.4 is 0 Å². The minimum atomic E-state index is -3.06. The quantitative estimate of drug-likeness (QED) is 0.773. The van der Waals surface area contributed by atoms with Crippen molar-refractivity contribution in [3.8, 4) is 0 Å². The lowest BCUT2D eigenvalue weighted by Gasteiger charge is -2.47. The van der Waals surface area contributed by atoms with Crippen molar-refractivity contribution in [1.82, 2.24) is 9.21 Å². The van der Waals surface area contributed by atoms with E-state index in [0.29, 0.717) is 12.1 Å². The van der Waals surface area contributed by atoms with E-state index in [0.717, 1.165) is 38.8 Å². The van der Waals surface area contributed by atoms with Crippen LogP contribution in [0, 0.1) is 0 Å². The predicted molar refractivity (Wildman–Crippen MR) is 89.5 cm³/mol. The molecule has 6 heteroatoms. The first-order valence-corrected chi connectivity index (χ1v) is 10.1. The van der Waals surface area contributed by atoms with Gasteiger partial charge in [0.25, 0.3) is 0 Å². The number of nitrogens with zero attached hydrogens (tertiary/aromatic N) is 2. The molecule has 0 atom stereocenters.